The Morgan fingerprint density at radius 2 is 1.65 bits per heavy atom. The van der Waals surface area contributed by atoms with Crippen molar-refractivity contribution in [3.05, 3.63) is 12.4 Å². The molecule has 0 aromatic carbocycles. The predicted molar refractivity (Wildman–Crippen MR) is 83.4 cm³/mol. The summed E-state index contributed by atoms with van der Waals surface area (Å²) < 4.78 is 9.66. The summed E-state index contributed by atoms with van der Waals surface area (Å²) in [5.74, 6) is 0.884. The fourth-order valence-electron chi connectivity index (χ4n) is 0.715. The van der Waals surface area contributed by atoms with Gasteiger partial charge in [-0.15, -0.1) is 0 Å². The second kappa shape index (κ2) is 13.3. The molecule has 6 nitrogen and oxygen atoms in total. The van der Waals surface area contributed by atoms with E-state index in [4.69, 9.17) is 9.05 Å². The third-order valence-corrected chi connectivity index (χ3v) is 3.24. The van der Waals surface area contributed by atoms with Crippen molar-refractivity contribution < 1.29 is 13.9 Å². The molecule has 0 bridgehead atoms. The number of hydrogen-bond donors (Lipinski definition) is 1. The summed E-state index contributed by atoms with van der Waals surface area (Å²) in [6.07, 6.45) is 7.68. The first kappa shape index (κ1) is 21.6. The Bertz CT molecular complexity index is 312. The minimum absolute atomic E-state index is 0.102. The Morgan fingerprint density at radius 3 is 1.85 bits per heavy atom. The smallest absolute Gasteiger partial charge is 0.0690 e. The lowest BCUT2D eigenvalue weighted by atomic mass is 10.2. The summed E-state index contributed by atoms with van der Waals surface area (Å²) in [5.41, 5.74) is 0. The van der Waals surface area contributed by atoms with E-state index >= 15 is 0 Å². The summed E-state index contributed by atoms with van der Waals surface area (Å²) in [6.45, 7) is 12.3. The quantitative estimate of drug-likeness (QED) is 0.846. The number of aromatic nitrogens is 3. The molecule has 1 rings (SSSR count). The molecule has 0 aliphatic heterocycles. The van der Waals surface area contributed by atoms with Crippen LogP contribution in [-0.2, 0) is 9.05 Å². The first-order valence-electron chi connectivity index (χ1n) is 6.82. The summed E-state index contributed by atoms with van der Waals surface area (Å²) >= 11 is 0. The molecule has 0 aliphatic rings. The van der Waals surface area contributed by atoms with Crippen LogP contribution in [-0.4, -0.2) is 34.4 Å². The topological polar surface area (TPSA) is 83.1 Å². The highest BCUT2D eigenvalue weighted by molar-refractivity contribution is 7.57. The molecule has 0 amide bonds. The lowest BCUT2D eigenvalue weighted by Gasteiger charge is -2.31. The highest BCUT2D eigenvalue weighted by Gasteiger charge is 2.01. The molecule has 7 heteroatoms. The SMILES string of the molecule is C=P([O-])(OCC)OC(C)C.CCC(C)C.c1cn[nH]n1. The van der Waals surface area contributed by atoms with Gasteiger partial charge in [0.05, 0.1) is 18.5 Å². The van der Waals surface area contributed by atoms with Crippen LogP contribution in [0.15, 0.2) is 12.4 Å². The Hall–Kier alpha value is -0.680. The van der Waals surface area contributed by atoms with Gasteiger partial charge in [0.25, 0.3) is 0 Å². The molecule has 0 saturated carbocycles. The highest BCUT2D eigenvalue weighted by atomic mass is 31.2. The van der Waals surface area contributed by atoms with Crippen LogP contribution in [0.5, 0.6) is 0 Å². The maximum atomic E-state index is 11.1. The van der Waals surface area contributed by atoms with Crippen LogP contribution in [0, 0.1) is 5.92 Å². The zero-order valence-electron chi connectivity index (χ0n) is 13.5. The van der Waals surface area contributed by atoms with E-state index in [1.165, 1.54) is 6.42 Å². The monoisotopic (exact) mass is 306 g/mol. The van der Waals surface area contributed by atoms with Gasteiger partial charge in [-0.2, -0.15) is 15.4 Å². The lowest BCUT2D eigenvalue weighted by Crippen LogP contribution is -2.12. The molecular formula is C13H29N3O3P-. The van der Waals surface area contributed by atoms with Crippen molar-refractivity contribution in [1.29, 1.82) is 0 Å². The van der Waals surface area contributed by atoms with Crippen LogP contribution in [0.25, 0.3) is 0 Å². The van der Waals surface area contributed by atoms with E-state index in [2.05, 4.69) is 42.5 Å². The van der Waals surface area contributed by atoms with Gasteiger partial charge in [0.1, 0.15) is 0 Å². The lowest BCUT2D eigenvalue weighted by molar-refractivity contribution is -0.210. The Kier molecular flexibility index (Phi) is 14.4. The number of hydrogen-bond acceptors (Lipinski definition) is 5. The molecule has 1 aromatic rings. The zero-order chi connectivity index (χ0) is 16.0. The van der Waals surface area contributed by atoms with Gasteiger partial charge < -0.3 is 13.9 Å². The molecule has 1 atom stereocenters. The van der Waals surface area contributed by atoms with Gasteiger partial charge >= 0.3 is 0 Å². The molecule has 0 fully saturated rings. The van der Waals surface area contributed by atoms with E-state index in [0.29, 0.717) is 6.61 Å². The maximum Gasteiger partial charge on any atom is 0.0690 e. The van der Waals surface area contributed by atoms with Crippen molar-refractivity contribution >= 4 is 13.9 Å². The van der Waals surface area contributed by atoms with Crippen molar-refractivity contribution in [3.8, 4) is 0 Å². The van der Waals surface area contributed by atoms with Crippen molar-refractivity contribution in [2.45, 2.75) is 54.1 Å². The second-order valence-electron chi connectivity index (χ2n) is 4.64. The fraction of sp³-hybridized carbons (Fsp3) is 0.769. The van der Waals surface area contributed by atoms with E-state index in [0.717, 1.165) is 5.92 Å². The molecule has 1 aromatic heterocycles. The Morgan fingerprint density at radius 1 is 1.20 bits per heavy atom. The largest absolute Gasteiger partial charge is 0.789 e. The first-order chi connectivity index (χ1) is 9.25. The molecular weight excluding hydrogens is 277 g/mol. The second-order valence-corrected chi connectivity index (χ2v) is 6.33. The van der Waals surface area contributed by atoms with Crippen molar-refractivity contribution in [3.63, 3.8) is 0 Å². The summed E-state index contributed by atoms with van der Waals surface area (Å²) in [5, 5.41) is 9.33. The van der Waals surface area contributed by atoms with Crippen molar-refractivity contribution in [1.82, 2.24) is 15.4 Å². The zero-order valence-corrected chi connectivity index (χ0v) is 14.4. The third-order valence-electron chi connectivity index (χ3n) is 1.84. The average molecular weight is 306 g/mol. The Balaban J connectivity index is 0. The van der Waals surface area contributed by atoms with Gasteiger partial charge in [0, 0.05) is 14.2 Å². The molecule has 0 saturated heterocycles. The van der Waals surface area contributed by atoms with Gasteiger partial charge in [-0.25, -0.2) is 0 Å². The van der Waals surface area contributed by atoms with Crippen LogP contribution < -0.4 is 4.89 Å². The van der Waals surface area contributed by atoms with E-state index in [-0.39, 0.29) is 6.10 Å². The number of aromatic amines is 1. The van der Waals surface area contributed by atoms with E-state index in [1.807, 2.05) is 0 Å². The normalized spacial score (nSPS) is 13.1. The summed E-state index contributed by atoms with van der Waals surface area (Å²) in [6, 6.07) is 0. The molecule has 1 heterocycles. The van der Waals surface area contributed by atoms with Gasteiger partial charge in [0.2, 0.25) is 0 Å². The standard InChI is InChI=1S/C6H14O3P.C5H12.C2H3N3/c1-5-8-10(4,7)9-6(2)3;1-4-5(2)3;1-2-4-5-3-1/h6H,4-5H2,1-3H3;5H,4H2,1-3H3;1-2H,(H,3,4,5)/q-1;;. The molecule has 120 valence electrons. The summed E-state index contributed by atoms with van der Waals surface area (Å²) in [4.78, 5) is 11.1. The van der Waals surface area contributed by atoms with E-state index in [1.54, 1.807) is 33.2 Å². The van der Waals surface area contributed by atoms with Crippen LogP contribution in [0.3, 0.4) is 0 Å². The fourth-order valence-corrected chi connectivity index (χ4v) is 1.81. The van der Waals surface area contributed by atoms with Crippen LogP contribution >= 0.6 is 7.57 Å². The van der Waals surface area contributed by atoms with E-state index < -0.39 is 7.57 Å². The minimum Gasteiger partial charge on any atom is -0.789 e. The molecule has 1 unspecified atom stereocenters. The molecule has 20 heavy (non-hydrogen) atoms. The van der Waals surface area contributed by atoms with Gasteiger partial charge in [-0.3, -0.25) is 0 Å². The van der Waals surface area contributed by atoms with Crippen LogP contribution in [0.1, 0.15) is 48.0 Å². The molecule has 0 radical (unpaired) electrons. The van der Waals surface area contributed by atoms with Crippen LogP contribution in [0.4, 0.5) is 0 Å². The molecule has 1 N–H and O–H groups in total. The number of nitrogens with one attached hydrogen (secondary N) is 1. The maximum absolute atomic E-state index is 11.1. The van der Waals surface area contributed by atoms with Gasteiger partial charge in [0.15, 0.2) is 0 Å². The van der Waals surface area contributed by atoms with E-state index in [9.17, 15) is 4.89 Å². The third kappa shape index (κ3) is 19.7. The minimum atomic E-state index is -3.00. The van der Waals surface area contributed by atoms with Crippen LogP contribution in [0.2, 0.25) is 0 Å². The van der Waals surface area contributed by atoms with Gasteiger partial charge in [-0.1, -0.05) is 33.5 Å². The van der Waals surface area contributed by atoms with Crippen molar-refractivity contribution in [2.24, 2.45) is 5.92 Å². The first-order valence-corrected chi connectivity index (χ1v) is 8.55. The summed E-state index contributed by atoms with van der Waals surface area (Å²) in [7, 11) is -3.00. The Labute approximate surface area is 123 Å². The molecule has 0 spiro atoms. The molecule has 0 aliphatic carbocycles. The number of nitrogens with zero attached hydrogens (tertiary/aromatic N) is 2. The predicted octanol–water partition coefficient (Wildman–Crippen LogP) is 2.86. The van der Waals surface area contributed by atoms with Crippen molar-refractivity contribution in [2.75, 3.05) is 6.61 Å². The van der Waals surface area contributed by atoms with Gasteiger partial charge in [-0.05, 0) is 26.7 Å². The number of H-pyrrole nitrogens is 1. The average Bonchev–Trinajstić information content (AvgIpc) is 2.86. The number of rotatable bonds is 5. The highest BCUT2D eigenvalue weighted by Crippen LogP contribution is 2.38.